The quantitative estimate of drug-likeness (QED) is 0.475. The molecule has 1 saturated carbocycles. The van der Waals surface area contributed by atoms with Crippen molar-refractivity contribution in [3.05, 3.63) is 62.6 Å². The van der Waals surface area contributed by atoms with Gasteiger partial charge in [0.2, 0.25) is 10.0 Å². The van der Waals surface area contributed by atoms with E-state index < -0.39 is 27.9 Å². The van der Waals surface area contributed by atoms with Crippen molar-refractivity contribution in [2.45, 2.75) is 43.2 Å². The van der Waals surface area contributed by atoms with Crippen molar-refractivity contribution < 1.29 is 22.7 Å². The molecule has 172 valence electrons. The zero-order valence-corrected chi connectivity index (χ0v) is 20.1. The third-order valence-corrected chi connectivity index (χ3v) is 7.36. The normalized spacial score (nSPS) is 14.6. The van der Waals surface area contributed by atoms with Gasteiger partial charge in [-0.05, 0) is 43.5 Å². The summed E-state index contributed by atoms with van der Waals surface area (Å²) in [6.07, 6.45) is 1.30. The maximum Gasteiger partial charge on any atom is 0.308 e. The van der Waals surface area contributed by atoms with Gasteiger partial charge in [-0.1, -0.05) is 53.0 Å². The van der Waals surface area contributed by atoms with E-state index in [1.807, 2.05) is 0 Å². The van der Waals surface area contributed by atoms with E-state index in [2.05, 4.69) is 10.0 Å². The Morgan fingerprint density at radius 3 is 2.41 bits per heavy atom. The second kappa shape index (κ2) is 10.4. The van der Waals surface area contributed by atoms with Crippen LogP contribution in [0.25, 0.3) is 0 Å². The molecule has 1 fully saturated rings. The van der Waals surface area contributed by atoms with E-state index in [9.17, 15) is 18.0 Å². The Bertz CT molecular complexity index is 1140. The van der Waals surface area contributed by atoms with Gasteiger partial charge in [-0.2, -0.15) is 0 Å². The molecule has 1 aliphatic rings. The number of amides is 1. The van der Waals surface area contributed by atoms with Crippen LogP contribution in [0.5, 0.6) is 0 Å². The summed E-state index contributed by atoms with van der Waals surface area (Å²) in [7, 11) is -3.93. The maximum absolute atomic E-state index is 13.1. The number of halogens is 3. The van der Waals surface area contributed by atoms with Crippen LogP contribution >= 0.6 is 34.8 Å². The van der Waals surface area contributed by atoms with Gasteiger partial charge in [-0.25, -0.2) is 13.1 Å². The Kier molecular flexibility index (Phi) is 8.06. The second-order valence-electron chi connectivity index (χ2n) is 7.21. The van der Waals surface area contributed by atoms with Crippen molar-refractivity contribution in [2.75, 3.05) is 6.61 Å². The van der Waals surface area contributed by atoms with Crippen molar-refractivity contribution in [1.82, 2.24) is 10.0 Å². The Balaban J connectivity index is 1.92. The SMILES string of the molecule is CCOC(=O)C[C@H](NC(=O)c1cc(S(=O)(=O)NC2CC2)c(Cl)cc1Cl)c1ccccc1Cl. The van der Waals surface area contributed by atoms with Crippen LogP contribution in [0, 0.1) is 0 Å². The van der Waals surface area contributed by atoms with E-state index in [0.29, 0.717) is 10.6 Å². The van der Waals surface area contributed by atoms with Crippen molar-refractivity contribution in [3.63, 3.8) is 0 Å². The number of sulfonamides is 1. The number of ether oxygens (including phenoxy) is 1. The van der Waals surface area contributed by atoms with E-state index in [-0.39, 0.29) is 39.6 Å². The van der Waals surface area contributed by atoms with Crippen LogP contribution in [0.4, 0.5) is 0 Å². The number of benzene rings is 2. The van der Waals surface area contributed by atoms with Gasteiger partial charge in [0.1, 0.15) is 4.90 Å². The van der Waals surface area contributed by atoms with Crippen LogP contribution < -0.4 is 10.0 Å². The number of nitrogens with one attached hydrogen (secondary N) is 2. The number of hydrogen-bond acceptors (Lipinski definition) is 5. The highest BCUT2D eigenvalue weighted by molar-refractivity contribution is 7.89. The van der Waals surface area contributed by atoms with Gasteiger partial charge in [-0.15, -0.1) is 0 Å². The molecule has 7 nitrogen and oxygen atoms in total. The van der Waals surface area contributed by atoms with E-state index in [4.69, 9.17) is 39.5 Å². The fourth-order valence-electron chi connectivity index (χ4n) is 3.01. The molecule has 2 N–H and O–H groups in total. The Hall–Kier alpha value is -1.84. The summed E-state index contributed by atoms with van der Waals surface area (Å²) in [5.74, 6) is -1.22. The molecule has 32 heavy (non-hydrogen) atoms. The highest BCUT2D eigenvalue weighted by Gasteiger charge is 2.31. The molecule has 0 heterocycles. The first-order valence-corrected chi connectivity index (χ1v) is 12.5. The highest BCUT2D eigenvalue weighted by atomic mass is 35.5. The number of esters is 1. The number of carbonyl (C=O) groups excluding carboxylic acids is 2. The molecule has 0 aromatic heterocycles. The smallest absolute Gasteiger partial charge is 0.308 e. The minimum Gasteiger partial charge on any atom is -0.466 e. The van der Waals surface area contributed by atoms with Crippen molar-refractivity contribution in [1.29, 1.82) is 0 Å². The molecule has 2 aromatic carbocycles. The third-order valence-electron chi connectivity index (χ3n) is 4.72. The highest BCUT2D eigenvalue weighted by Crippen LogP contribution is 2.32. The van der Waals surface area contributed by atoms with Gasteiger partial charge in [0, 0.05) is 11.1 Å². The van der Waals surface area contributed by atoms with Gasteiger partial charge in [0.15, 0.2) is 0 Å². The Morgan fingerprint density at radius 1 is 1.09 bits per heavy atom. The zero-order chi connectivity index (χ0) is 23.5. The summed E-state index contributed by atoms with van der Waals surface area (Å²) in [5, 5.41) is 2.92. The first kappa shape index (κ1) is 24.8. The molecule has 0 spiro atoms. The van der Waals surface area contributed by atoms with Crippen molar-refractivity contribution in [2.24, 2.45) is 0 Å². The van der Waals surface area contributed by atoms with E-state index in [0.717, 1.165) is 18.9 Å². The van der Waals surface area contributed by atoms with Crippen LogP contribution in [0.3, 0.4) is 0 Å². The third kappa shape index (κ3) is 6.14. The summed E-state index contributed by atoms with van der Waals surface area (Å²) >= 11 is 18.6. The largest absolute Gasteiger partial charge is 0.466 e. The molecule has 0 bridgehead atoms. The predicted molar refractivity (Wildman–Crippen MR) is 123 cm³/mol. The molecule has 2 aromatic rings. The second-order valence-corrected chi connectivity index (χ2v) is 10.1. The predicted octanol–water partition coefficient (Wildman–Crippen LogP) is 4.51. The molecule has 1 atom stereocenters. The van der Waals surface area contributed by atoms with Crippen LogP contribution in [-0.2, 0) is 19.6 Å². The average molecular weight is 520 g/mol. The molecule has 0 unspecified atom stereocenters. The van der Waals surface area contributed by atoms with Gasteiger partial charge >= 0.3 is 5.97 Å². The molecular weight excluding hydrogens is 499 g/mol. The lowest BCUT2D eigenvalue weighted by atomic mass is 10.0. The van der Waals surface area contributed by atoms with E-state index >= 15 is 0 Å². The first-order valence-electron chi connectivity index (χ1n) is 9.84. The monoisotopic (exact) mass is 518 g/mol. The van der Waals surface area contributed by atoms with Crippen LogP contribution in [0.1, 0.15) is 48.1 Å². The minimum atomic E-state index is -3.93. The van der Waals surface area contributed by atoms with Crippen LogP contribution in [0.15, 0.2) is 41.3 Å². The summed E-state index contributed by atoms with van der Waals surface area (Å²) in [4.78, 5) is 24.9. The molecule has 1 amide bonds. The fourth-order valence-corrected chi connectivity index (χ4v) is 5.44. The summed E-state index contributed by atoms with van der Waals surface area (Å²) in [6.45, 7) is 1.85. The number of carbonyl (C=O) groups is 2. The summed E-state index contributed by atoms with van der Waals surface area (Å²) < 4.78 is 32.8. The molecule has 1 aliphatic carbocycles. The molecule has 11 heteroatoms. The minimum absolute atomic E-state index is 0.0353. The van der Waals surface area contributed by atoms with Gasteiger partial charge in [0.05, 0.1) is 34.7 Å². The average Bonchev–Trinajstić information content (AvgIpc) is 3.51. The van der Waals surface area contributed by atoms with Gasteiger partial charge < -0.3 is 10.1 Å². The molecule has 0 saturated heterocycles. The fraction of sp³-hybridized carbons (Fsp3) is 0.333. The first-order chi connectivity index (χ1) is 15.1. The van der Waals surface area contributed by atoms with Crippen molar-refractivity contribution in [3.8, 4) is 0 Å². The van der Waals surface area contributed by atoms with Crippen molar-refractivity contribution >= 4 is 56.7 Å². The van der Waals surface area contributed by atoms with Gasteiger partial charge in [-0.3, -0.25) is 9.59 Å². The van der Waals surface area contributed by atoms with Gasteiger partial charge in [0.25, 0.3) is 5.91 Å². The molecule has 3 rings (SSSR count). The Labute approximate surface area is 201 Å². The Morgan fingerprint density at radius 2 is 1.78 bits per heavy atom. The lowest BCUT2D eigenvalue weighted by Crippen LogP contribution is -2.31. The topological polar surface area (TPSA) is 102 Å². The molecule has 0 aliphatic heterocycles. The van der Waals surface area contributed by atoms with E-state index in [1.54, 1.807) is 31.2 Å². The molecular formula is C21H21Cl3N2O5S. The summed E-state index contributed by atoms with van der Waals surface area (Å²) in [5.41, 5.74) is 0.400. The number of rotatable bonds is 9. The summed E-state index contributed by atoms with van der Waals surface area (Å²) in [6, 6.07) is 8.10. The standard InChI is InChI=1S/C21H21Cl3N2O5S/c1-2-31-20(27)11-18(13-5-3-4-6-15(13)22)25-21(28)14-9-19(17(24)10-16(14)23)32(29,30)26-12-7-8-12/h3-6,9-10,12,18,26H,2,7-8,11H2,1H3,(H,25,28)/t18-/m0/s1. The maximum atomic E-state index is 13.1. The molecule has 0 radical (unpaired) electrons. The zero-order valence-electron chi connectivity index (χ0n) is 17.0. The number of hydrogen-bond donors (Lipinski definition) is 2. The lowest BCUT2D eigenvalue weighted by molar-refractivity contribution is -0.143. The van der Waals surface area contributed by atoms with E-state index in [1.165, 1.54) is 6.07 Å². The lowest BCUT2D eigenvalue weighted by Gasteiger charge is -2.20. The van der Waals surface area contributed by atoms with Crippen LogP contribution in [0.2, 0.25) is 15.1 Å². The van der Waals surface area contributed by atoms with Crippen LogP contribution in [-0.4, -0.2) is 32.9 Å².